The quantitative estimate of drug-likeness (QED) is 0.400. The molecule has 0 bridgehead atoms. The van der Waals surface area contributed by atoms with Gasteiger partial charge in [0.15, 0.2) is 5.92 Å². The van der Waals surface area contributed by atoms with Gasteiger partial charge < -0.3 is 9.29 Å². The van der Waals surface area contributed by atoms with Crippen molar-refractivity contribution in [1.29, 1.82) is 0 Å². The van der Waals surface area contributed by atoms with Crippen LogP contribution in [-0.4, -0.2) is 20.9 Å². The van der Waals surface area contributed by atoms with Crippen LogP contribution in [-0.2, 0) is 31.7 Å². The summed E-state index contributed by atoms with van der Waals surface area (Å²) in [6.07, 6.45) is -7.43. The first kappa shape index (κ1) is 21.0. The van der Waals surface area contributed by atoms with Gasteiger partial charge in [-0.25, -0.2) is 8.60 Å². The molecular formula is C17H13F4O5S-. The maximum absolute atomic E-state index is 13.5. The lowest BCUT2D eigenvalue weighted by Gasteiger charge is -2.28. The number of esters is 1. The molecule has 0 amide bonds. The number of ether oxygens (including phenoxy) is 1. The van der Waals surface area contributed by atoms with Crippen LogP contribution in [0.2, 0.25) is 0 Å². The first-order valence-corrected chi connectivity index (χ1v) is 8.47. The van der Waals surface area contributed by atoms with Gasteiger partial charge in [-0.1, -0.05) is 42.5 Å². The molecule has 2 rings (SSSR count). The fraction of sp³-hybridized carbons (Fsp3) is 0.235. The molecule has 0 saturated carbocycles. The monoisotopic (exact) mass is 405 g/mol. The number of hydrogen-bond acceptors (Lipinski definition) is 5. The summed E-state index contributed by atoms with van der Waals surface area (Å²) in [6.45, 7) is -0.442. The van der Waals surface area contributed by atoms with Crippen molar-refractivity contribution < 1.29 is 40.0 Å². The van der Waals surface area contributed by atoms with Gasteiger partial charge in [0, 0.05) is 0 Å². The average Bonchev–Trinajstić information content (AvgIpc) is 2.59. The van der Waals surface area contributed by atoms with E-state index < -0.39 is 48.0 Å². The van der Waals surface area contributed by atoms with Crippen LogP contribution in [0.1, 0.15) is 17.2 Å². The summed E-state index contributed by atoms with van der Waals surface area (Å²) >= 11 is -3.36. The van der Waals surface area contributed by atoms with E-state index in [9.17, 15) is 31.1 Å². The summed E-state index contributed by atoms with van der Waals surface area (Å²) in [4.78, 5) is 12.1. The van der Waals surface area contributed by atoms with Gasteiger partial charge in [-0.3, -0.25) is 8.98 Å². The molecule has 0 aliphatic rings. The first-order valence-electron chi connectivity index (χ1n) is 7.47. The summed E-state index contributed by atoms with van der Waals surface area (Å²) in [5.74, 6) is -5.40. The predicted molar refractivity (Wildman–Crippen MR) is 84.9 cm³/mol. The van der Waals surface area contributed by atoms with Gasteiger partial charge >= 0.3 is 12.1 Å². The second-order valence-electron chi connectivity index (χ2n) is 5.39. The summed E-state index contributed by atoms with van der Waals surface area (Å²) in [6, 6.07) is 11.4. The molecule has 27 heavy (non-hydrogen) atoms. The molecule has 146 valence electrons. The Balaban J connectivity index is 2.30. The second-order valence-corrected chi connectivity index (χ2v) is 5.99. The maximum Gasteiger partial charge on any atom is 0.405 e. The number of hydrogen-bond donors (Lipinski definition) is 0. The molecule has 0 aliphatic carbocycles. The number of alkyl halides is 3. The number of carbonyl (C=O) groups is 1. The predicted octanol–water partition coefficient (Wildman–Crippen LogP) is 3.60. The van der Waals surface area contributed by atoms with Crippen LogP contribution in [0.4, 0.5) is 17.6 Å². The van der Waals surface area contributed by atoms with Crippen molar-refractivity contribution in [3.05, 3.63) is 71.5 Å². The van der Waals surface area contributed by atoms with Crippen molar-refractivity contribution in [3.8, 4) is 0 Å². The molecule has 10 heteroatoms. The lowest BCUT2D eigenvalue weighted by atomic mass is 9.95. The Morgan fingerprint density at radius 2 is 1.67 bits per heavy atom. The molecule has 0 fully saturated rings. The first-order chi connectivity index (χ1) is 12.7. The Morgan fingerprint density at radius 1 is 1.07 bits per heavy atom. The molecule has 0 spiro atoms. The Morgan fingerprint density at radius 3 is 2.19 bits per heavy atom. The van der Waals surface area contributed by atoms with E-state index in [0.717, 1.165) is 24.3 Å². The standard InChI is InChI=1S/C17H14F4O5S/c18-13-8-6-12(7-9-13)15(26-27(23)24)14(17(19,20)21)16(22)25-10-11-4-2-1-3-5-11/h1-9,14-15H,10H2,(H,23,24)/p-1. The van der Waals surface area contributed by atoms with Gasteiger partial charge in [-0.15, -0.1) is 0 Å². The van der Waals surface area contributed by atoms with Crippen LogP contribution in [0.25, 0.3) is 0 Å². The maximum atomic E-state index is 13.5. The average molecular weight is 405 g/mol. The zero-order valence-electron chi connectivity index (χ0n) is 13.5. The Bertz CT molecular complexity index is 780. The van der Waals surface area contributed by atoms with E-state index in [4.69, 9.17) is 4.74 Å². The number of benzene rings is 2. The minimum atomic E-state index is -5.17. The third-order valence-corrected chi connectivity index (χ3v) is 3.88. The van der Waals surface area contributed by atoms with Gasteiger partial charge in [0.1, 0.15) is 18.5 Å². The van der Waals surface area contributed by atoms with E-state index >= 15 is 0 Å². The van der Waals surface area contributed by atoms with E-state index in [1.54, 1.807) is 18.2 Å². The van der Waals surface area contributed by atoms with Crippen LogP contribution in [0, 0.1) is 11.7 Å². The smallest absolute Gasteiger partial charge is 0.405 e. The second kappa shape index (κ2) is 9.07. The highest BCUT2D eigenvalue weighted by Crippen LogP contribution is 2.40. The molecule has 0 N–H and O–H groups in total. The highest BCUT2D eigenvalue weighted by Gasteiger charge is 2.52. The number of rotatable bonds is 7. The molecule has 3 unspecified atom stereocenters. The zero-order valence-corrected chi connectivity index (χ0v) is 14.3. The zero-order chi connectivity index (χ0) is 20.0. The molecule has 2 aromatic carbocycles. The fourth-order valence-corrected chi connectivity index (χ4v) is 2.68. The van der Waals surface area contributed by atoms with E-state index in [1.807, 2.05) is 0 Å². The highest BCUT2D eigenvalue weighted by atomic mass is 32.2. The molecule has 0 radical (unpaired) electrons. The number of carbonyl (C=O) groups excluding carboxylic acids is 1. The van der Waals surface area contributed by atoms with Gasteiger partial charge in [-0.2, -0.15) is 13.2 Å². The van der Waals surface area contributed by atoms with Crippen LogP contribution in [0.15, 0.2) is 54.6 Å². The largest absolute Gasteiger partial charge is 0.750 e. The summed E-state index contributed by atoms with van der Waals surface area (Å²) in [7, 11) is 0. The molecule has 3 atom stereocenters. The molecule has 0 heterocycles. The topological polar surface area (TPSA) is 75.7 Å². The van der Waals surface area contributed by atoms with E-state index in [2.05, 4.69) is 4.18 Å². The van der Waals surface area contributed by atoms with E-state index in [1.165, 1.54) is 12.1 Å². The lowest BCUT2D eigenvalue weighted by Crippen LogP contribution is -2.38. The summed E-state index contributed by atoms with van der Waals surface area (Å²) < 4.78 is 84.3. The van der Waals surface area contributed by atoms with E-state index in [-0.39, 0.29) is 5.56 Å². The van der Waals surface area contributed by atoms with Crippen LogP contribution in [0.5, 0.6) is 0 Å². The van der Waals surface area contributed by atoms with Gasteiger partial charge in [0.05, 0.1) is 11.4 Å². The SMILES string of the molecule is O=C(OCc1ccccc1)C(C(OS(=O)[O-])c1ccc(F)cc1)C(F)(F)F. The molecular weight excluding hydrogens is 392 g/mol. The third-order valence-electron chi connectivity index (χ3n) is 3.51. The summed E-state index contributed by atoms with van der Waals surface area (Å²) in [5.41, 5.74) is 0.0954. The molecule has 2 aromatic rings. The summed E-state index contributed by atoms with van der Waals surface area (Å²) in [5, 5.41) is 0. The van der Waals surface area contributed by atoms with Crippen LogP contribution >= 0.6 is 0 Å². The Kier molecular flexibility index (Phi) is 7.05. The normalized spacial score (nSPS) is 15.0. The van der Waals surface area contributed by atoms with Crippen molar-refractivity contribution >= 4 is 17.3 Å². The number of halogens is 4. The van der Waals surface area contributed by atoms with Gasteiger partial charge in [0.25, 0.3) is 0 Å². The molecule has 5 nitrogen and oxygen atoms in total. The third kappa shape index (κ3) is 6.12. The van der Waals surface area contributed by atoms with Gasteiger partial charge in [0.2, 0.25) is 0 Å². The van der Waals surface area contributed by atoms with Crippen molar-refractivity contribution in [2.45, 2.75) is 18.9 Å². The minimum absolute atomic E-state index is 0.348. The van der Waals surface area contributed by atoms with Gasteiger partial charge in [-0.05, 0) is 23.3 Å². The molecule has 0 aliphatic heterocycles. The van der Waals surface area contributed by atoms with Crippen molar-refractivity contribution in [3.63, 3.8) is 0 Å². The van der Waals surface area contributed by atoms with E-state index in [0.29, 0.717) is 5.56 Å². The fourth-order valence-electron chi connectivity index (χ4n) is 2.29. The van der Waals surface area contributed by atoms with Crippen molar-refractivity contribution in [2.75, 3.05) is 0 Å². The van der Waals surface area contributed by atoms with Crippen molar-refractivity contribution in [1.82, 2.24) is 0 Å². The lowest BCUT2D eigenvalue weighted by molar-refractivity contribution is -0.214. The highest BCUT2D eigenvalue weighted by molar-refractivity contribution is 7.74. The molecule has 0 saturated heterocycles. The Labute approximate surface area is 154 Å². The minimum Gasteiger partial charge on any atom is -0.750 e. The Hall–Kier alpha value is -2.30. The van der Waals surface area contributed by atoms with Crippen LogP contribution < -0.4 is 0 Å². The van der Waals surface area contributed by atoms with Crippen molar-refractivity contribution in [2.24, 2.45) is 5.92 Å². The van der Waals surface area contributed by atoms with Crippen LogP contribution in [0.3, 0.4) is 0 Å². The molecule has 0 aromatic heterocycles.